The van der Waals surface area contributed by atoms with Gasteiger partial charge in [-0.15, -0.1) is 0 Å². The van der Waals surface area contributed by atoms with Gasteiger partial charge in [-0.05, 0) is 0 Å². The molecule has 0 aliphatic carbocycles. The monoisotopic (exact) mass is 182 g/mol. The van der Waals surface area contributed by atoms with Gasteiger partial charge in [0, 0.05) is 0 Å². The average Bonchev–Trinajstić information content (AvgIpc) is 2.12. The molecule has 0 saturated carbocycles. The normalized spacial score (nSPS) is 21.5. The van der Waals surface area contributed by atoms with Crippen molar-refractivity contribution in [1.29, 1.82) is 0 Å². The maximum absolute atomic E-state index is 8.97. The summed E-state index contributed by atoms with van der Waals surface area (Å²) in [6, 6.07) is 0. The molecule has 0 aliphatic rings. The largest absolute Gasteiger partial charge is 0.394 e. The summed E-state index contributed by atoms with van der Waals surface area (Å²) in [6.07, 6.45) is -6.37. The smallest absolute Gasteiger partial charge is 0.145 e. The maximum atomic E-state index is 8.97. The fourth-order valence-electron chi connectivity index (χ4n) is 0.621. The third kappa shape index (κ3) is 2.99. The van der Waals surface area contributed by atoms with Crippen molar-refractivity contribution in [2.75, 3.05) is 6.61 Å². The van der Waals surface area contributed by atoms with E-state index in [-0.39, 0.29) is 0 Å². The van der Waals surface area contributed by atoms with Crippen molar-refractivity contribution in [3.8, 4) is 0 Å². The number of aliphatic hydroxyl groups is 5. The molecule has 0 aromatic rings. The molecule has 1 unspecified atom stereocenters. The molecule has 8 N–H and O–H groups in total. The predicted octanol–water partition coefficient (Wildman–Crippen LogP) is -4.16. The number of hydrogen-bond acceptors (Lipinski definition) is 7. The second kappa shape index (κ2) is 5.38. The highest BCUT2D eigenvalue weighted by Gasteiger charge is 2.29. The predicted molar refractivity (Wildman–Crippen MR) is 38.4 cm³/mol. The Morgan fingerprint density at radius 1 is 1.08 bits per heavy atom. The summed E-state index contributed by atoms with van der Waals surface area (Å²) in [5.41, 5.74) is 1.78. The first-order chi connectivity index (χ1) is 5.54. The summed E-state index contributed by atoms with van der Waals surface area (Å²) in [6.45, 7) is -0.713. The van der Waals surface area contributed by atoms with Gasteiger partial charge < -0.3 is 25.5 Å². The van der Waals surface area contributed by atoms with Crippen LogP contribution >= 0.6 is 0 Å². The zero-order valence-corrected chi connectivity index (χ0v) is 6.33. The van der Waals surface area contributed by atoms with Gasteiger partial charge in [0.2, 0.25) is 0 Å². The van der Waals surface area contributed by atoms with E-state index in [0.29, 0.717) is 0 Å². The Labute approximate surface area is 69.0 Å². The van der Waals surface area contributed by atoms with E-state index in [0.717, 1.165) is 0 Å². The first kappa shape index (κ1) is 11.7. The Hall–Kier alpha value is -0.280. The van der Waals surface area contributed by atoms with E-state index >= 15 is 0 Å². The van der Waals surface area contributed by atoms with Crippen LogP contribution in [0.1, 0.15) is 0 Å². The standard InChI is InChI=1S/C5H14N2O5/c6-7-5(12)4(11)3(10)2(9)1-8/h2-5,7-12H,1,6H2/t2-,3-,4+,5?/m1/s1. The van der Waals surface area contributed by atoms with Gasteiger partial charge in [0.05, 0.1) is 6.61 Å². The molecular weight excluding hydrogens is 168 g/mol. The Morgan fingerprint density at radius 3 is 1.92 bits per heavy atom. The molecule has 0 bridgehead atoms. The van der Waals surface area contributed by atoms with Gasteiger partial charge in [-0.1, -0.05) is 0 Å². The molecule has 0 rings (SSSR count). The summed E-state index contributed by atoms with van der Waals surface area (Å²) < 4.78 is 0. The Morgan fingerprint density at radius 2 is 1.58 bits per heavy atom. The molecule has 0 aliphatic heterocycles. The number of aliphatic hydroxyl groups excluding tert-OH is 5. The van der Waals surface area contributed by atoms with Crippen molar-refractivity contribution in [3.63, 3.8) is 0 Å². The van der Waals surface area contributed by atoms with E-state index in [1.165, 1.54) is 0 Å². The second-order valence-corrected chi connectivity index (χ2v) is 2.34. The highest BCUT2D eigenvalue weighted by Crippen LogP contribution is 2.02. The van der Waals surface area contributed by atoms with Gasteiger partial charge in [-0.25, -0.2) is 5.43 Å². The van der Waals surface area contributed by atoms with Crippen LogP contribution in [0.2, 0.25) is 0 Å². The van der Waals surface area contributed by atoms with Crippen LogP contribution in [-0.4, -0.2) is 56.7 Å². The van der Waals surface area contributed by atoms with Crippen LogP contribution in [0.3, 0.4) is 0 Å². The van der Waals surface area contributed by atoms with E-state index in [4.69, 9.17) is 31.4 Å². The minimum Gasteiger partial charge on any atom is -0.394 e. The lowest BCUT2D eigenvalue weighted by atomic mass is 10.1. The number of nitrogens with one attached hydrogen (secondary N) is 1. The fourth-order valence-corrected chi connectivity index (χ4v) is 0.621. The highest BCUT2D eigenvalue weighted by molar-refractivity contribution is 4.78. The summed E-state index contributed by atoms with van der Waals surface area (Å²) in [4.78, 5) is 0. The number of rotatable bonds is 5. The second-order valence-electron chi connectivity index (χ2n) is 2.34. The summed E-state index contributed by atoms with van der Waals surface area (Å²) in [5, 5.41) is 43.9. The molecule has 0 fully saturated rings. The van der Waals surface area contributed by atoms with E-state index in [9.17, 15) is 0 Å². The summed E-state index contributed by atoms with van der Waals surface area (Å²) in [7, 11) is 0. The molecule has 0 aromatic heterocycles. The van der Waals surface area contributed by atoms with Crippen LogP contribution in [0.4, 0.5) is 0 Å². The maximum Gasteiger partial charge on any atom is 0.145 e. The van der Waals surface area contributed by atoms with Crippen LogP contribution in [0, 0.1) is 0 Å². The Bertz CT molecular complexity index is 110. The minimum atomic E-state index is -1.66. The van der Waals surface area contributed by atoms with Crippen molar-refractivity contribution in [3.05, 3.63) is 0 Å². The number of nitrogens with two attached hydrogens (primary N) is 1. The molecule has 7 nitrogen and oxygen atoms in total. The van der Waals surface area contributed by atoms with Crippen LogP contribution in [0.25, 0.3) is 0 Å². The fraction of sp³-hybridized carbons (Fsp3) is 1.00. The Kier molecular flexibility index (Phi) is 5.25. The SMILES string of the molecule is NNC(O)[C@@H](O)[C@H](O)[C@H](O)CO. The van der Waals surface area contributed by atoms with E-state index in [1.807, 2.05) is 0 Å². The van der Waals surface area contributed by atoms with Crippen LogP contribution in [0.15, 0.2) is 0 Å². The van der Waals surface area contributed by atoms with Crippen molar-refractivity contribution in [2.45, 2.75) is 24.5 Å². The quantitative estimate of drug-likeness (QED) is 0.130. The van der Waals surface area contributed by atoms with Crippen LogP contribution in [-0.2, 0) is 0 Å². The summed E-state index contributed by atoms with van der Waals surface area (Å²) in [5.74, 6) is 4.74. The first-order valence-electron chi connectivity index (χ1n) is 3.33. The topological polar surface area (TPSA) is 139 Å². The molecule has 0 spiro atoms. The molecule has 0 heterocycles. The van der Waals surface area contributed by atoms with Crippen LogP contribution < -0.4 is 11.3 Å². The average molecular weight is 182 g/mol. The van der Waals surface area contributed by atoms with Gasteiger partial charge in [0.1, 0.15) is 24.5 Å². The molecule has 0 radical (unpaired) electrons. The molecule has 0 aromatic carbocycles. The van der Waals surface area contributed by atoms with Crippen molar-refractivity contribution in [2.24, 2.45) is 5.84 Å². The lowest BCUT2D eigenvalue weighted by Crippen LogP contribution is -2.53. The molecule has 4 atom stereocenters. The van der Waals surface area contributed by atoms with Gasteiger partial charge in [0.15, 0.2) is 0 Å². The van der Waals surface area contributed by atoms with E-state index < -0.39 is 31.1 Å². The molecule has 7 heteroatoms. The van der Waals surface area contributed by atoms with E-state index in [2.05, 4.69) is 0 Å². The first-order valence-corrected chi connectivity index (χ1v) is 3.33. The van der Waals surface area contributed by atoms with Gasteiger partial charge in [-0.2, -0.15) is 0 Å². The molecule has 74 valence electrons. The number of hydrogen-bond donors (Lipinski definition) is 7. The zero-order valence-electron chi connectivity index (χ0n) is 6.33. The third-order valence-corrected chi connectivity index (χ3v) is 1.43. The molecular formula is C5H14N2O5. The Balaban J connectivity index is 3.99. The van der Waals surface area contributed by atoms with Crippen molar-refractivity contribution >= 4 is 0 Å². The lowest BCUT2D eigenvalue weighted by molar-refractivity contribution is -0.122. The summed E-state index contributed by atoms with van der Waals surface area (Å²) >= 11 is 0. The van der Waals surface area contributed by atoms with E-state index in [1.54, 1.807) is 5.43 Å². The van der Waals surface area contributed by atoms with Gasteiger partial charge in [-0.3, -0.25) is 5.84 Å². The zero-order chi connectivity index (χ0) is 9.72. The van der Waals surface area contributed by atoms with Crippen molar-refractivity contribution < 1.29 is 25.5 Å². The van der Waals surface area contributed by atoms with Crippen LogP contribution in [0.5, 0.6) is 0 Å². The van der Waals surface area contributed by atoms with Gasteiger partial charge >= 0.3 is 0 Å². The molecule has 0 amide bonds. The number of hydrazine groups is 1. The third-order valence-electron chi connectivity index (χ3n) is 1.43. The van der Waals surface area contributed by atoms with Crippen molar-refractivity contribution in [1.82, 2.24) is 5.43 Å². The molecule has 12 heavy (non-hydrogen) atoms. The highest BCUT2D eigenvalue weighted by atomic mass is 16.4. The minimum absolute atomic E-state index is 0.713. The lowest BCUT2D eigenvalue weighted by Gasteiger charge is -2.24. The molecule has 0 saturated heterocycles. The van der Waals surface area contributed by atoms with Gasteiger partial charge in [0.25, 0.3) is 0 Å².